The number of halogens is 1. The number of aliphatic hydroxyl groups is 1. The van der Waals surface area contributed by atoms with Crippen LogP contribution in [0.5, 0.6) is 0 Å². The Labute approximate surface area is 173 Å². The summed E-state index contributed by atoms with van der Waals surface area (Å²) in [5, 5.41) is 12.6. The predicted molar refractivity (Wildman–Crippen MR) is 118 cm³/mol. The van der Waals surface area contributed by atoms with Crippen molar-refractivity contribution in [2.75, 3.05) is 0 Å². The zero-order valence-corrected chi connectivity index (χ0v) is 17.7. The highest BCUT2D eigenvalue weighted by Crippen LogP contribution is 2.40. The largest absolute Gasteiger partial charge is 0.384 e. The number of pyridine rings is 2. The van der Waals surface area contributed by atoms with Crippen molar-refractivity contribution in [2.24, 2.45) is 0 Å². The Hall–Kier alpha value is -2.30. The van der Waals surface area contributed by atoms with E-state index in [2.05, 4.69) is 76.1 Å². The van der Waals surface area contributed by atoms with Crippen LogP contribution in [0.4, 0.5) is 0 Å². The topological polar surface area (TPSA) is 46.0 Å². The fourth-order valence-corrected chi connectivity index (χ4v) is 3.82. The van der Waals surface area contributed by atoms with Crippen molar-refractivity contribution in [3.05, 3.63) is 82.1 Å². The van der Waals surface area contributed by atoms with E-state index in [1.54, 1.807) is 0 Å². The first-order valence-electron chi connectivity index (χ1n) is 9.56. The molecule has 4 aromatic rings. The van der Waals surface area contributed by atoms with Crippen molar-refractivity contribution in [1.29, 1.82) is 0 Å². The molecule has 2 aromatic carbocycles. The fraction of sp³-hybridized carbons (Fsp3) is 0.250. The van der Waals surface area contributed by atoms with Crippen LogP contribution in [0, 0.1) is 13.8 Å². The van der Waals surface area contributed by atoms with Crippen molar-refractivity contribution in [3.63, 3.8) is 0 Å². The molecule has 0 amide bonds. The Morgan fingerprint density at radius 3 is 1.93 bits per heavy atom. The van der Waals surface area contributed by atoms with Crippen LogP contribution >= 0.6 is 15.9 Å². The van der Waals surface area contributed by atoms with Gasteiger partial charge in [0.05, 0.1) is 16.7 Å². The van der Waals surface area contributed by atoms with E-state index in [1.165, 1.54) is 16.5 Å². The number of benzene rings is 2. The summed E-state index contributed by atoms with van der Waals surface area (Å²) in [6.45, 7) is 4.16. The average Bonchev–Trinajstić information content (AvgIpc) is 2.66. The highest BCUT2D eigenvalue weighted by atomic mass is 79.9. The molecule has 0 spiro atoms. The molecule has 0 aliphatic heterocycles. The van der Waals surface area contributed by atoms with Gasteiger partial charge >= 0.3 is 0 Å². The van der Waals surface area contributed by atoms with E-state index in [0.29, 0.717) is 0 Å². The monoisotopic (exact) mass is 434 g/mol. The van der Waals surface area contributed by atoms with Crippen molar-refractivity contribution in [3.8, 4) is 0 Å². The second-order valence-electron chi connectivity index (χ2n) is 7.61. The Morgan fingerprint density at radius 2 is 1.36 bits per heavy atom. The van der Waals surface area contributed by atoms with E-state index in [9.17, 15) is 5.11 Å². The number of hydrogen-bond donors (Lipinski definition) is 1. The lowest BCUT2D eigenvalue weighted by Gasteiger charge is -2.36. The molecule has 2 heterocycles. The van der Waals surface area contributed by atoms with E-state index in [-0.39, 0.29) is 0 Å². The van der Waals surface area contributed by atoms with Crippen LogP contribution < -0.4 is 0 Å². The Kier molecular flexibility index (Phi) is 5.17. The summed E-state index contributed by atoms with van der Waals surface area (Å²) in [7, 11) is 0. The van der Waals surface area contributed by atoms with Gasteiger partial charge in [-0.3, -0.25) is 0 Å². The van der Waals surface area contributed by atoms with Gasteiger partial charge in [-0.1, -0.05) is 35.4 Å². The van der Waals surface area contributed by atoms with Crippen LogP contribution in [-0.2, 0) is 5.60 Å². The summed E-state index contributed by atoms with van der Waals surface area (Å²) in [5.41, 5.74) is 4.70. The minimum absolute atomic E-state index is 0.654. The number of rotatable bonds is 1. The van der Waals surface area contributed by atoms with Crippen LogP contribution in [0.25, 0.3) is 21.8 Å². The van der Waals surface area contributed by atoms with E-state index in [1.807, 2.05) is 24.3 Å². The summed E-state index contributed by atoms with van der Waals surface area (Å²) in [6, 6.07) is 20.5. The molecule has 1 saturated carbocycles. The van der Waals surface area contributed by atoms with Gasteiger partial charge in [0.15, 0.2) is 0 Å². The van der Waals surface area contributed by atoms with Crippen molar-refractivity contribution < 1.29 is 5.11 Å². The third-order valence-electron chi connectivity index (χ3n) is 5.31. The van der Waals surface area contributed by atoms with Crippen LogP contribution in [-0.4, -0.2) is 15.1 Å². The zero-order chi connectivity index (χ0) is 19.7. The normalized spacial score (nSPS) is 15.0. The van der Waals surface area contributed by atoms with Gasteiger partial charge in [0.25, 0.3) is 0 Å². The minimum atomic E-state index is -0.654. The molecule has 142 valence electrons. The van der Waals surface area contributed by atoms with E-state index >= 15 is 0 Å². The molecule has 0 saturated heterocycles. The molecule has 0 unspecified atom stereocenters. The van der Waals surface area contributed by atoms with Gasteiger partial charge in [0, 0.05) is 10.8 Å². The standard InChI is InChI=1S/C14H15NO.C10H8BrN/c1-10-3-5-12-11(9-10)4-6-13(15-12)14(16)7-2-8-14;1-7-2-4-9-8(6-7)3-5-10(11)12-9/h3-6,9,16H,2,7-8H2,1H3;2-6H,1H3. The third-order valence-corrected chi connectivity index (χ3v) is 5.75. The van der Waals surface area contributed by atoms with Gasteiger partial charge in [-0.2, -0.15) is 0 Å². The fourth-order valence-electron chi connectivity index (χ4n) is 3.49. The number of fused-ring (bicyclic) bond motifs is 2. The molecule has 28 heavy (non-hydrogen) atoms. The molecule has 1 N–H and O–H groups in total. The number of aromatic nitrogens is 2. The maximum atomic E-state index is 10.2. The summed E-state index contributed by atoms with van der Waals surface area (Å²) < 4.78 is 0.888. The number of nitrogens with zero attached hydrogens (tertiary/aromatic N) is 2. The Morgan fingerprint density at radius 1 is 0.786 bits per heavy atom. The molecule has 1 aliphatic carbocycles. The van der Waals surface area contributed by atoms with Crippen molar-refractivity contribution >= 4 is 37.7 Å². The van der Waals surface area contributed by atoms with Crippen LogP contribution in [0.1, 0.15) is 36.1 Å². The molecular formula is C24H23BrN2O. The van der Waals surface area contributed by atoms with E-state index in [4.69, 9.17) is 0 Å². The second-order valence-corrected chi connectivity index (χ2v) is 8.42. The maximum absolute atomic E-state index is 10.2. The van der Waals surface area contributed by atoms with Gasteiger partial charge in [-0.15, -0.1) is 0 Å². The lowest BCUT2D eigenvalue weighted by Crippen LogP contribution is -2.34. The highest BCUT2D eigenvalue weighted by molar-refractivity contribution is 9.10. The van der Waals surface area contributed by atoms with Gasteiger partial charge in [0.1, 0.15) is 10.2 Å². The molecule has 5 rings (SSSR count). The molecule has 1 fully saturated rings. The molecule has 0 atom stereocenters. The maximum Gasteiger partial charge on any atom is 0.107 e. The molecule has 0 bridgehead atoms. The second kappa shape index (κ2) is 7.61. The summed E-state index contributed by atoms with van der Waals surface area (Å²) in [4.78, 5) is 8.89. The van der Waals surface area contributed by atoms with Crippen molar-refractivity contribution in [2.45, 2.75) is 38.7 Å². The highest BCUT2D eigenvalue weighted by Gasteiger charge is 2.37. The van der Waals surface area contributed by atoms with Gasteiger partial charge in [-0.25, -0.2) is 9.97 Å². The molecule has 3 nitrogen and oxygen atoms in total. The average molecular weight is 435 g/mol. The SMILES string of the molecule is Cc1ccc2nc(Br)ccc2c1.Cc1ccc2nc(C3(O)CCC3)ccc2c1. The zero-order valence-electron chi connectivity index (χ0n) is 16.1. The first-order valence-corrected chi connectivity index (χ1v) is 10.4. The van der Waals surface area contributed by atoms with Crippen LogP contribution in [0.3, 0.4) is 0 Å². The minimum Gasteiger partial charge on any atom is -0.384 e. The van der Waals surface area contributed by atoms with Crippen LogP contribution in [0.2, 0.25) is 0 Å². The molecule has 0 radical (unpaired) electrons. The van der Waals surface area contributed by atoms with Crippen molar-refractivity contribution in [1.82, 2.24) is 9.97 Å². The van der Waals surface area contributed by atoms with Gasteiger partial charge in [0.2, 0.25) is 0 Å². The van der Waals surface area contributed by atoms with Crippen LogP contribution in [0.15, 0.2) is 65.3 Å². The smallest absolute Gasteiger partial charge is 0.107 e. The predicted octanol–water partition coefficient (Wildman–Crippen LogP) is 6.22. The summed E-state index contributed by atoms with van der Waals surface area (Å²) >= 11 is 3.34. The quantitative estimate of drug-likeness (QED) is 0.361. The first-order chi connectivity index (χ1) is 13.4. The van der Waals surface area contributed by atoms with Gasteiger partial charge < -0.3 is 5.11 Å². The lowest BCUT2D eigenvalue weighted by atomic mass is 9.77. The summed E-state index contributed by atoms with van der Waals surface area (Å²) in [5.74, 6) is 0. The summed E-state index contributed by atoms with van der Waals surface area (Å²) in [6.07, 6.45) is 2.79. The molecule has 4 heteroatoms. The lowest BCUT2D eigenvalue weighted by molar-refractivity contribution is -0.0423. The van der Waals surface area contributed by atoms with E-state index < -0.39 is 5.60 Å². The number of aryl methyl sites for hydroxylation is 2. The van der Waals surface area contributed by atoms with E-state index in [0.717, 1.165) is 46.0 Å². The number of hydrogen-bond acceptors (Lipinski definition) is 3. The molecule has 2 aromatic heterocycles. The first kappa shape index (κ1) is 19.0. The Balaban J connectivity index is 0.000000143. The van der Waals surface area contributed by atoms with Gasteiger partial charge in [-0.05, 0) is 85.4 Å². The molecular weight excluding hydrogens is 412 g/mol. The molecule has 1 aliphatic rings. The Bertz CT molecular complexity index is 1110. The third kappa shape index (κ3) is 3.94.